The lowest BCUT2D eigenvalue weighted by atomic mass is 9.79. The lowest BCUT2D eigenvalue weighted by Crippen LogP contribution is -2.53. The Morgan fingerprint density at radius 1 is 1.14 bits per heavy atom. The summed E-state index contributed by atoms with van der Waals surface area (Å²) < 4.78 is 28.4. The third-order valence-electron chi connectivity index (χ3n) is 8.94. The van der Waals surface area contributed by atoms with Gasteiger partial charge in [0, 0.05) is 36.7 Å². The van der Waals surface area contributed by atoms with Crippen LogP contribution in [0.15, 0.2) is 36.4 Å². The maximum Gasteiger partial charge on any atom is 0.270 e. The number of anilines is 1. The van der Waals surface area contributed by atoms with Crippen molar-refractivity contribution >= 4 is 34.3 Å². The van der Waals surface area contributed by atoms with Crippen molar-refractivity contribution in [1.29, 1.82) is 5.26 Å². The summed E-state index contributed by atoms with van der Waals surface area (Å²) in [5.74, 6) is -2.63. The maximum absolute atomic E-state index is 14.5. The summed E-state index contributed by atoms with van der Waals surface area (Å²) in [6.45, 7) is 4.23. The second-order valence-electron chi connectivity index (χ2n) is 12.2. The standard InChI is InChI=1S/C32H33F2N5O3/c1-18(2)10-28-30(41)39-17-32(15-21(39)16-35)23-11-19(7-8-25(23)37-31(32)42)6-4-3-5-9-38(28)29(40)27-14-22-24(34)12-20(33)13-26(22)36-27/h7-8,11-14,18,21,28,36H,3-6,9-10,15,17H2,1-2H3,(H,37,42)/t21-,28-,32-/m0/s1. The van der Waals surface area contributed by atoms with Crippen LogP contribution in [0, 0.1) is 28.9 Å². The molecule has 1 spiro atoms. The first kappa shape index (κ1) is 27.9. The monoisotopic (exact) mass is 573 g/mol. The molecule has 8 nitrogen and oxygen atoms in total. The number of carbonyl (C=O) groups excluding carboxylic acids is 3. The summed E-state index contributed by atoms with van der Waals surface area (Å²) >= 11 is 0. The largest absolute Gasteiger partial charge is 0.350 e. The van der Waals surface area contributed by atoms with Gasteiger partial charge in [0.15, 0.2) is 0 Å². The van der Waals surface area contributed by atoms with E-state index in [9.17, 15) is 28.4 Å². The van der Waals surface area contributed by atoms with Gasteiger partial charge in [-0.05, 0) is 60.9 Å². The lowest BCUT2D eigenvalue weighted by Gasteiger charge is -2.35. The third kappa shape index (κ3) is 4.61. The summed E-state index contributed by atoms with van der Waals surface area (Å²) in [5, 5.41) is 13.2. The Morgan fingerprint density at radius 3 is 2.71 bits per heavy atom. The van der Waals surface area contributed by atoms with Crippen molar-refractivity contribution < 1.29 is 23.2 Å². The van der Waals surface area contributed by atoms with E-state index in [1.807, 2.05) is 32.0 Å². The number of fused-ring (bicyclic) bond motifs is 3. The molecule has 0 saturated carbocycles. The number of benzene rings is 2. The highest BCUT2D eigenvalue weighted by molar-refractivity contribution is 6.07. The number of aromatic amines is 1. The summed E-state index contributed by atoms with van der Waals surface area (Å²) in [6.07, 6.45) is 3.57. The number of aromatic nitrogens is 1. The zero-order valence-electron chi connectivity index (χ0n) is 23.7. The molecule has 4 bridgehead atoms. The van der Waals surface area contributed by atoms with Crippen LogP contribution in [0.3, 0.4) is 0 Å². The third-order valence-corrected chi connectivity index (χ3v) is 8.94. The van der Waals surface area contributed by atoms with Gasteiger partial charge in [-0.15, -0.1) is 0 Å². The molecule has 6 rings (SSSR count). The van der Waals surface area contributed by atoms with Gasteiger partial charge in [-0.3, -0.25) is 14.4 Å². The fourth-order valence-electron chi connectivity index (χ4n) is 6.84. The normalized spacial score (nSPS) is 24.2. The molecular formula is C32H33F2N5O3. The van der Waals surface area contributed by atoms with Gasteiger partial charge in [0.05, 0.1) is 17.0 Å². The van der Waals surface area contributed by atoms with Crippen LogP contribution in [-0.2, 0) is 21.4 Å². The molecule has 1 saturated heterocycles. The van der Waals surface area contributed by atoms with Gasteiger partial charge in [0.2, 0.25) is 11.8 Å². The molecule has 10 heteroatoms. The van der Waals surface area contributed by atoms with E-state index in [-0.39, 0.29) is 53.8 Å². The van der Waals surface area contributed by atoms with Crippen LogP contribution in [0.5, 0.6) is 0 Å². The first-order valence-corrected chi connectivity index (χ1v) is 14.5. The van der Waals surface area contributed by atoms with Crippen molar-refractivity contribution in [2.75, 3.05) is 18.4 Å². The Hall–Kier alpha value is -4.26. The Balaban J connectivity index is 1.43. The second-order valence-corrected chi connectivity index (χ2v) is 12.2. The van der Waals surface area contributed by atoms with Crippen molar-refractivity contribution in [3.8, 4) is 6.07 Å². The molecule has 3 aliphatic heterocycles. The van der Waals surface area contributed by atoms with Crippen molar-refractivity contribution in [2.45, 2.75) is 69.9 Å². The van der Waals surface area contributed by atoms with Crippen molar-refractivity contribution in [3.05, 3.63) is 64.9 Å². The van der Waals surface area contributed by atoms with Gasteiger partial charge in [0.1, 0.15) is 29.4 Å². The smallest absolute Gasteiger partial charge is 0.270 e. The van der Waals surface area contributed by atoms with Crippen molar-refractivity contribution in [2.24, 2.45) is 5.92 Å². The number of nitriles is 1. The van der Waals surface area contributed by atoms with E-state index in [0.29, 0.717) is 18.5 Å². The number of hydrogen-bond acceptors (Lipinski definition) is 4. The lowest BCUT2D eigenvalue weighted by molar-refractivity contribution is -0.137. The number of halogens is 2. The summed E-state index contributed by atoms with van der Waals surface area (Å²) in [5.41, 5.74) is 1.78. The minimum Gasteiger partial charge on any atom is -0.350 e. The molecule has 218 valence electrons. The fraction of sp³-hybridized carbons (Fsp3) is 0.438. The van der Waals surface area contributed by atoms with Crippen LogP contribution >= 0.6 is 0 Å². The molecule has 1 aromatic heterocycles. The van der Waals surface area contributed by atoms with Gasteiger partial charge < -0.3 is 20.1 Å². The second kappa shape index (κ2) is 10.5. The Kier molecular flexibility index (Phi) is 7.00. The molecule has 2 aromatic carbocycles. The van der Waals surface area contributed by atoms with Gasteiger partial charge in [-0.25, -0.2) is 8.78 Å². The number of aryl methyl sites for hydroxylation is 1. The Labute approximate surface area is 242 Å². The van der Waals surface area contributed by atoms with Gasteiger partial charge in [0.25, 0.3) is 5.91 Å². The van der Waals surface area contributed by atoms with Gasteiger partial charge >= 0.3 is 0 Å². The Bertz CT molecular complexity index is 1640. The van der Waals surface area contributed by atoms with Crippen LogP contribution in [0.4, 0.5) is 14.5 Å². The highest BCUT2D eigenvalue weighted by atomic mass is 19.1. The number of amides is 3. The predicted octanol–water partition coefficient (Wildman–Crippen LogP) is 5.04. The van der Waals surface area contributed by atoms with Gasteiger partial charge in [-0.2, -0.15) is 5.26 Å². The molecule has 1 fully saturated rings. The van der Waals surface area contributed by atoms with E-state index < -0.39 is 35.0 Å². The highest BCUT2D eigenvalue weighted by Gasteiger charge is 2.57. The van der Waals surface area contributed by atoms with Crippen LogP contribution < -0.4 is 5.32 Å². The molecule has 3 aromatic rings. The van der Waals surface area contributed by atoms with Crippen LogP contribution in [0.2, 0.25) is 0 Å². The van der Waals surface area contributed by atoms with Gasteiger partial charge in [-0.1, -0.05) is 32.4 Å². The van der Waals surface area contributed by atoms with E-state index in [1.54, 1.807) is 0 Å². The number of nitrogens with zero attached hydrogens (tertiary/aromatic N) is 3. The average Bonchev–Trinajstić information content (AvgIpc) is 3.63. The van der Waals surface area contributed by atoms with E-state index >= 15 is 0 Å². The molecule has 42 heavy (non-hydrogen) atoms. The number of hydrogen-bond donors (Lipinski definition) is 2. The molecule has 3 aliphatic rings. The molecular weight excluding hydrogens is 540 g/mol. The van der Waals surface area contributed by atoms with Crippen LogP contribution in [0.1, 0.15) is 67.6 Å². The first-order valence-electron chi connectivity index (χ1n) is 14.5. The molecule has 0 radical (unpaired) electrons. The molecule has 2 N–H and O–H groups in total. The fourth-order valence-corrected chi connectivity index (χ4v) is 6.84. The number of H-pyrrole nitrogens is 1. The molecule has 3 atom stereocenters. The summed E-state index contributed by atoms with van der Waals surface area (Å²) in [7, 11) is 0. The number of rotatable bonds is 3. The molecule has 4 heterocycles. The zero-order valence-corrected chi connectivity index (χ0v) is 23.7. The van der Waals surface area contributed by atoms with E-state index in [4.69, 9.17) is 0 Å². The van der Waals surface area contributed by atoms with Crippen molar-refractivity contribution in [1.82, 2.24) is 14.8 Å². The average molecular weight is 574 g/mol. The molecule has 0 unspecified atom stereocenters. The zero-order chi connectivity index (χ0) is 29.8. The van der Waals surface area contributed by atoms with Crippen LogP contribution in [0.25, 0.3) is 10.9 Å². The summed E-state index contributed by atoms with van der Waals surface area (Å²) in [4.78, 5) is 47.8. The SMILES string of the molecule is CC(C)C[C@H]1C(=O)N2C[C@]3(C[C@H]2C#N)C(=O)Nc2ccc(cc23)CCCCCN1C(=O)c1cc2c(F)cc(F)cc2[nH]1. The number of carbonyl (C=O) groups is 3. The summed E-state index contributed by atoms with van der Waals surface area (Å²) in [6, 6.07) is 9.69. The Morgan fingerprint density at radius 2 is 1.95 bits per heavy atom. The quantitative estimate of drug-likeness (QED) is 0.457. The van der Waals surface area contributed by atoms with Crippen LogP contribution in [-0.4, -0.2) is 57.7 Å². The topological polar surface area (TPSA) is 109 Å². The maximum atomic E-state index is 14.5. The minimum absolute atomic E-state index is 0.0255. The van der Waals surface area contributed by atoms with Crippen molar-refractivity contribution in [3.63, 3.8) is 0 Å². The highest BCUT2D eigenvalue weighted by Crippen LogP contribution is 2.47. The molecule has 0 aliphatic carbocycles. The van der Waals surface area contributed by atoms with E-state index in [0.717, 1.165) is 42.5 Å². The van der Waals surface area contributed by atoms with E-state index in [2.05, 4.69) is 16.4 Å². The molecule has 3 amide bonds. The first-order chi connectivity index (χ1) is 20.1. The predicted molar refractivity (Wildman–Crippen MR) is 153 cm³/mol. The number of nitrogens with one attached hydrogen (secondary N) is 2. The minimum atomic E-state index is -1.04. The van der Waals surface area contributed by atoms with E-state index in [1.165, 1.54) is 15.9 Å².